The van der Waals surface area contributed by atoms with E-state index < -0.39 is 0 Å². The highest BCUT2D eigenvalue weighted by molar-refractivity contribution is 6.17. The molecule has 0 atom stereocenters. The Kier molecular flexibility index (Phi) is 3.61. The van der Waals surface area contributed by atoms with Crippen LogP contribution < -0.4 is 4.58 Å². The molecule has 0 spiro atoms. The number of rotatable bonds is 2. The van der Waals surface area contributed by atoms with Gasteiger partial charge in [-0.25, -0.2) is 0 Å². The zero-order valence-corrected chi connectivity index (χ0v) is 17.4. The third-order valence-corrected chi connectivity index (χ3v) is 6.55. The predicted molar refractivity (Wildman–Crippen MR) is 134 cm³/mol. The Morgan fingerprint density at radius 2 is 1.47 bits per heavy atom. The average molecular weight is 411 g/mol. The molecule has 3 nitrogen and oxygen atoms in total. The van der Waals surface area contributed by atoms with Gasteiger partial charge in [0.25, 0.3) is 0 Å². The van der Waals surface area contributed by atoms with E-state index in [9.17, 15) is 0 Å². The normalized spacial score (nSPS) is 13.1. The first kappa shape index (κ1) is 17.4. The van der Waals surface area contributed by atoms with Gasteiger partial charge < -0.3 is 4.57 Å². The molecule has 0 N–H and O–H groups in total. The first-order valence-electron chi connectivity index (χ1n) is 11.0. The van der Waals surface area contributed by atoms with E-state index in [4.69, 9.17) is 0 Å². The molecule has 1 aliphatic heterocycles. The summed E-state index contributed by atoms with van der Waals surface area (Å²) < 4.78 is 4.73. The fourth-order valence-corrected chi connectivity index (χ4v) is 5.17. The number of nitrogens with zero attached hydrogens (tertiary/aromatic N) is 3. The fraction of sp³-hybridized carbons (Fsp3) is 0.0345. The van der Waals surface area contributed by atoms with Crippen LogP contribution in [-0.4, -0.2) is 15.8 Å². The van der Waals surface area contributed by atoms with Crippen LogP contribution >= 0.6 is 0 Å². The van der Waals surface area contributed by atoms with Crippen molar-refractivity contribution in [2.75, 3.05) is 0 Å². The smallest absolute Gasteiger partial charge is 0.237 e. The van der Waals surface area contributed by atoms with Crippen molar-refractivity contribution < 1.29 is 0 Å². The van der Waals surface area contributed by atoms with Crippen molar-refractivity contribution in [1.29, 1.82) is 0 Å². The van der Waals surface area contributed by atoms with Crippen LogP contribution in [0, 0.1) is 0 Å². The summed E-state index contributed by atoms with van der Waals surface area (Å²) in [6, 6.07) is 32.4. The highest BCUT2D eigenvalue weighted by Crippen LogP contribution is 2.43. The number of hydrogen-bond acceptors (Lipinski definition) is 1. The van der Waals surface area contributed by atoms with Crippen LogP contribution in [-0.2, 0) is 6.42 Å². The second kappa shape index (κ2) is 6.63. The van der Waals surface area contributed by atoms with Crippen molar-refractivity contribution >= 4 is 50.2 Å². The minimum Gasteiger partial charge on any atom is -0.309 e. The molecule has 0 radical (unpaired) electrons. The van der Waals surface area contributed by atoms with Crippen LogP contribution in [0.2, 0.25) is 0 Å². The predicted octanol–water partition coefficient (Wildman–Crippen LogP) is 6.79. The van der Waals surface area contributed by atoms with Crippen LogP contribution in [0.5, 0.6) is 0 Å². The molecule has 32 heavy (non-hydrogen) atoms. The Labute approximate surface area is 185 Å². The Morgan fingerprint density at radius 1 is 0.688 bits per heavy atom. The minimum absolute atomic E-state index is 0.916. The van der Waals surface area contributed by atoms with Crippen molar-refractivity contribution in [2.45, 2.75) is 6.42 Å². The van der Waals surface area contributed by atoms with E-state index in [1.807, 2.05) is 12.4 Å². The second-order valence-electron chi connectivity index (χ2n) is 8.29. The molecule has 150 valence electrons. The number of benzene rings is 4. The maximum atomic E-state index is 4.56. The van der Waals surface area contributed by atoms with Crippen LogP contribution in [0.25, 0.3) is 38.3 Å². The molecule has 0 fully saturated rings. The molecule has 1 aliphatic rings. The summed E-state index contributed by atoms with van der Waals surface area (Å²) in [4.78, 5) is 4.56. The van der Waals surface area contributed by atoms with E-state index in [-0.39, 0.29) is 0 Å². The van der Waals surface area contributed by atoms with Gasteiger partial charge in [0.1, 0.15) is 0 Å². The van der Waals surface area contributed by atoms with Gasteiger partial charge in [-0.05, 0) is 36.4 Å². The quantitative estimate of drug-likeness (QED) is 0.288. The standard InChI is InChI=1S/C29H20N3/c1-2-9-22(10-3-1)32-25-13-7-6-12-24(25)28-26(32)15-14-20-16-17-31(29(20)28)27-19-30-18-21-8-4-5-11-23(21)27/h1-15,17-19H,16H2/q+1. The zero-order valence-electron chi connectivity index (χ0n) is 17.4. The molecule has 2 aromatic heterocycles. The van der Waals surface area contributed by atoms with Crippen molar-refractivity contribution in [3.63, 3.8) is 0 Å². The fourth-order valence-electron chi connectivity index (χ4n) is 5.17. The van der Waals surface area contributed by atoms with Crippen LogP contribution in [0.3, 0.4) is 0 Å². The van der Waals surface area contributed by atoms with Gasteiger partial charge in [0.05, 0.1) is 34.4 Å². The Morgan fingerprint density at radius 3 is 2.38 bits per heavy atom. The molecule has 7 rings (SSSR count). The lowest BCUT2D eigenvalue weighted by molar-refractivity contribution is 1.12. The molecule has 6 aromatic rings. The van der Waals surface area contributed by atoms with E-state index in [1.165, 1.54) is 44.1 Å². The third kappa shape index (κ3) is 2.36. The van der Waals surface area contributed by atoms with Gasteiger partial charge in [0.2, 0.25) is 11.4 Å². The van der Waals surface area contributed by atoms with Gasteiger partial charge in [-0.2, -0.15) is 4.58 Å². The monoisotopic (exact) mass is 410 g/mol. The van der Waals surface area contributed by atoms with Crippen LogP contribution in [0.4, 0.5) is 11.4 Å². The van der Waals surface area contributed by atoms with Crippen LogP contribution in [0.1, 0.15) is 5.56 Å². The van der Waals surface area contributed by atoms with Crippen LogP contribution in [0.15, 0.2) is 103 Å². The Bertz CT molecular complexity index is 1690. The molecule has 0 aliphatic carbocycles. The van der Waals surface area contributed by atoms with E-state index in [0.29, 0.717) is 0 Å². The number of fused-ring (bicyclic) bond motifs is 6. The average Bonchev–Trinajstić information content (AvgIpc) is 3.43. The summed E-state index contributed by atoms with van der Waals surface area (Å²) in [5, 5.41) is 4.95. The maximum absolute atomic E-state index is 4.56. The highest BCUT2D eigenvalue weighted by Gasteiger charge is 2.31. The van der Waals surface area contributed by atoms with E-state index in [2.05, 4.69) is 111 Å². The lowest BCUT2D eigenvalue weighted by atomic mass is 10.0. The lowest BCUT2D eigenvalue weighted by Gasteiger charge is -2.08. The SMILES string of the molecule is C1=[N+](c2cncc3ccccc23)c2c(ccc3c2c2ccccc2n3-c2ccccc2)C1. The maximum Gasteiger partial charge on any atom is 0.237 e. The third-order valence-electron chi connectivity index (χ3n) is 6.55. The molecular formula is C29H20N3+. The summed E-state index contributed by atoms with van der Waals surface area (Å²) in [6.07, 6.45) is 7.14. The Balaban J connectivity index is 1.60. The Hall–Kier alpha value is -4.24. The van der Waals surface area contributed by atoms with E-state index in [0.717, 1.165) is 17.5 Å². The molecule has 3 heteroatoms. The van der Waals surface area contributed by atoms with Crippen molar-refractivity contribution in [1.82, 2.24) is 14.1 Å². The first-order valence-corrected chi connectivity index (χ1v) is 11.0. The number of pyridine rings is 1. The van der Waals surface area contributed by atoms with Gasteiger partial charge in [0, 0.05) is 28.2 Å². The highest BCUT2D eigenvalue weighted by atomic mass is 15.1. The van der Waals surface area contributed by atoms with Gasteiger partial charge in [0.15, 0.2) is 6.21 Å². The van der Waals surface area contributed by atoms with Crippen molar-refractivity contribution in [3.05, 3.63) is 109 Å². The molecule has 4 aromatic carbocycles. The molecule has 0 saturated carbocycles. The molecule has 3 heterocycles. The van der Waals surface area contributed by atoms with Crippen molar-refractivity contribution in [2.24, 2.45) is 0 Å². The van der Waals surface area contributed by atoms with Gasteiger partial charge in [-0.1, -0.05) is 54.6 Å². The molecule has 0 saturated heterocycles. The molecular weight excluding hydrogens is 390 g/mol. The lowest BCUT2D eigenvalue weighted by Crippen LogP contribution is -2.02. The summed E-state index contributed by atoms with van der Waals surface area (Å²) in [7, 11) is 0. The number of para-hydroxylation sites is 2. The summed E-state index contributed by atoms with van der Waals surface area (Å²) in [6.45, 7) is 0. The van der Waals surface area contributed by atoms with Crippen molar-refractivity contribution in [3.8, 4) is 5.69 Å². The second-order valence-corrected chi connectivity index (χ2v) is 8.29. The van der Waals surface area contributed by atoms with Gasteiger partial charge >= 0.3 is 0 Å². The zero-order chi connectivity index (χ0) is 21.1. The molecule has 0 bridgehead atoms. The number of hydrogen-bond donors (Lipinski definition) is 0. The van der Waals surface area contributed by atoms with E-state index >= 15 is 0 Å². The van der Waals surface area contributed by atoms with E-state index in [1.54, 1.807) is 0 Å². The number of aromatic nitrogens is 2. The molecule has 0 amide bonds. The largest absolute Gasteiger partial charge is 0.309 e. The summed E-state index contributed by atoms with van der Waals surface area (Å²) >= 11 is 0. The van der Waals surface area contributed by atoms with Gasteiger partial charge in [-0.3, -0.25) is 4.98 Å². The topological polar surface area (TPSA) is 20.8 Å². The van der Waals surface area contributed by atoms with Gasteiger partial charge in [-0.15, -0.1) is 0 Å². The molecule has 0 unspecified atom stereocenters. The first-order chi connectivity index (χ1) is 15.9. The summed E-state index contributed by atoms with van der Waals surface area (Å²) in [5.74, 6) is 0. The minimum atomic E-state index is 0.916. The summed E-state index contributed by atoms with van der Waals surface area (Å²) in [5.41, 5.74) is 7.38.